The van der Waals surface area contributed by atoms with Crippen LogP contribution in [0.4, 0.5) is 5.69 Å². The summed E-state index contributed by atoms with van der Waals surface area (Å²) >= 11 is 6.79. The van der Waals surface area contributed by atoms with Crippen molar-refractivity contribution in [3.8, 4) is 0 Å². The quantitative estimate of drug-likeness (QED) is 0.530. The highest BCUT2D eigenvalue weighted by atomic mass is 32.2. The van der Waals surface area contributed by atoms with Crippen LogP contribution in [0.25, 0.3) is 0 Å². The van der Waals surface area contributed by atoms with E-state index in [1.54, 1.807) is 11.8 Å². The fraction of sp³-hybridized carbons (Fsp3) is 0.385. The van der Waals surface area contributed by atoms with Crippen molar-refractivity contribution in [1.82, 2.24) is 5.32 Å². The number of nitrogens with one attached hydrogen (secondary N) is 2. The molecule has 0 saturated heterocycles. The molecule has 1 amide bonds. The molecule has 0 aliphatic carbocycles. The number of thioether (sulfide) groups is 1. The van der Waals surface area contributed by atoms with Crippen LogP contribution in [-0.2, 0) is 4.79 Å². The van der Waals surface area contributed by atoms with Gasteiger partial charge in [-0.05, 0) is 24.8 Å². The Morgan fingerprint density at radius 1 is 1.42 bits per heavy atom. The van der Waals surface area contributed by atoms with Crippen molar-refractivity contribution in [2.45, 2.75) is 18.7 Å². The summed E-state index contributed by atoms with van der Waals surface area (Å²) in [5.41, 5.74) is 7.40. The number of anilines is 1. The van der Waals surface area contributed by atoms with Crippen molar-refractivity contribution in [3.63, 3.8) is 0 Å². The van der Waals surface area contributed by atoms with E-state index in [1.165, 1.54) is 0 Å². The van der Waals surface area contributed by atoms with Gasteiger partial charge >= 0.3 is 0 Å². The summed E-state index contributed by atoms with van der Waals surface area (Å²) < 4.78 is 0. The average Bonchev–Trinajstić information content (AvgIpc) is 2.37. The molecule has 4 N–H and O–H groups in total. The highest BCUT2D eigenvalue weighted by molar-refractivity contribution is 7.99. The van der Waals surface area contributed by atoms with E-state index >= 15 is 0 Å². The first-order chi connectivity index (χ1) is 9.10. The summed E-state index contributed by atoms with van der Waals surface area (Å²) in [6, 6.07) is 5.80. The van der Waals surface area contributed by atoms with Gasteiger partial charge in [0.05, 0.1) is 6.54 Å². The zero-order valence-electron chi connectivity index (χ0n) is 11.2. The number of hydrogen-bond donors (Lipinski definition) is 3. The van der Waals surface area contributed by atoms with Crippen LogP contribution in [0.2, 0.25) is 0 Å². The second-order valence-electron chi connectivity index (χ2n) is 3.78. The van der Waals surface area contributed by atoms with E-state index in [4.69, 9.17) is 18.0 Å². The molecule has 1 aromatic rings. The largest absolute Gasteiger partial charge is 0.389 e. The summed E-state index contributed by atoms with van der Waals surface area (Å²) in [6.07, 6.45) is 0. The van der Waals surface area contributed by atoms with Crippen molar-refractivity contribution in [1.29, 1.82) is 0 Å². The maximum Gasteiger partial charge on any atom is 0.239 e. The van der Waals surface area contributed by atoms with Gasteiger partial charge < -0.3 is 16.4 Å². The number of hydrogen-bond acceptors (Lipinski definition) is 4. The van der Waals surface area contributed by atoms with Gasteiger partial charge in [0.25, 0.3) is 0 Å². The molecule has 0 aliphatic rings. The number of thiocarbonyl (C=S) groups is 1. The van der Waals surface area contributed by atoms with Gasteiger partial charge in [0.2, 0.25) is 5.91 Å². The molecule has 0 atom stereocenters. The van der Waals surface area contributed by atoms with Crippen LogP contribution in [0.15, 0.2) is 23.1 Å². The molecule has 0 spiro atoms. The number of nitrogens with two attached hydrogens (primary N) is 1. The lowest BCUT2D eigenvalue weighted by molar-refractivity contribution is -0.119. The summed E-state index contributed by atoms with van der Waals surface area (Å²) in [4.78, 5) is 12.8. The summed E-state index contributed by atoms with van der Waals surface area (Å²) in [7, 11) is 0. The van der Waals surface area contributed by atoms with Gasteiger partial charge in [-0.2, -0.15) is 0 Å². The predicted molar refractivity (Wildman–Crippen MR) is 85.9 cm³/mol. The smallest absolute Gasteiger partial charge is 0.239 e. The van der Waals surface area contributed by atoms with Crippen molar-refractivity contribution >= 4 is 40.6 Å². The summed E-state index contributed by atoms with van der Waals surface area (Å²) in [5.74, 6) is 0.889. The second-order valence-corrected chi connectivity index (χ2v) is 5.53. The van der Waals surface area contributed by atoms with E-state index < -0.39 is 0 Å². The third kappa shape index (κ3) is 4.72. The third-order valence-electron chi connectivity index (χ3n) is 2.39. The molecular formula is C13H19N3OS2. The lowest BCUT2D eigenvalue weighted by atomic mass is 10.1. The number of carbonyl (C=O) groups is 1. The fourth-order valence-electron chi connectivity index (χ4n) is 1.64. The van der Waals surface area contributed by atoms with Gasteiger partial charge in [-0.15, -0.1) is 11.8 Å². The Kier molecular flexibility index (Phi) is 6.66. The lowest BCUT2D eigenvalue weighted by Crippen LogP contribution is -2.30. The van der Waals surface area contributed by atoms with Crippen LogP contribution in [0.3, 0.4) is 0 Å². The van der Waals surface area contributed by atoms with Crippen LogP contribution < -0.4 is 16.4 Å². The molecule has 0 aliphatic heterocycles. The van der Waals surface area contributed by atoms with Gasteiger partial charge in [-0.3, -0.25) is 4.79 Å². The minimum absolute atomic E-state index is 0.0510. The molecule has 0 saturated carbocycles. The van der Waals surface area contributed by atoms with Crippen LogP contribution in [-0.4, -0.2) is 29.7 Å². The van der Waals surface area contributed by atoms with Crippen molar-refractivity contribution in [3.05, 3.63) is 23.8 Å². The highest BCUT2D eigenvalue weighted by Crippen LogP contribution is 2.28. The third-order valence-corrected chi connectivity index (χ3v) is 3.53. The average molecular weight is 297 g/mol. The highest BCUT2D eigenvalue weighted by Gasteiger charge is 2.11. The molecule has 0 bridgehead atoms. The maximum atomic E-state index is 11.5. The van der Waals surface area contributed by atoms with Gasteiger partial charge in [0, 0.05) is 22.7 Å². The van der Waals surface area contributed by atoms with Crippen molar-refractivity contribution in [2.24, 2.45) is 5.73 Å². The molecule has 19 heavy (non-hydrogen) atoms. The first-order valence-electron chi connectivity index (χ1n) is 6.16. The van der Waals surface area contributed by atoms with Crippen LogP contribution in [0.5, 0.6) is 0 Å². The predicted octanol–water partition coefficient (Wildman–Crippen LogP) is 1.98. The summed E-state index contributed by atoms with van der Waals surface area (Å²) in [5, 5.41) is 5.82. The topological polar surface area (TPSA) is 67.2 Å². The number of likely N-dealkylation sites (N-methyl/N-ethyl adjacent to an activating group) is 1. The Hall–Kier alpha value is -1.27. The molecule has 0 unspecified atom stereocenters. The normalized spacial score (nSPS) is 10.0. The standard InChI is InChI=1S/C13H19N3OS2/c1-3-15-11(17)8-16-9-6-5-7-10(19-4-2)12(9)13(14)18/h5-7,16H,3-4,8H2,1-2H3,(H2,14,18)(H,15,17). The van der Waals surface area contributed by atoms with E-state index in [9.17, 15) is 4.79 Å². The SMILES string of the molecule is CCNC(=O)CNc1cccc(SCC)c1C(N)=S. The van der Waals surface area contributed by atoms with Crippen LogP contribution in [0, 0.1) is 0 Å². The lowest BCUT2D eigenvalue weighted by Gasteiger charge is -2.14. The monoisotopic (exact) mass is 297 g/mol. The maximum absolute atomic E-state index is 11.5. The molecule has 6 heteroatoms. The van der Waals surface area contributed by atoms with Crippen molar-refractivity contribution in [2.75, 3.05) is 24.2 Å². The Bertz CT molecular complexity index is 463. The zero-order valence-corrected chi connectivity index (χ0v) is 12.8. The van der Waals surface area contributed by atoms with E-state index in [1.807, 2.05) is 25.1 Å². The number of rotatable bonds is 7. The van der Waals surface area contributed by atoms with E-state index in [-0.39, 0.29) is 12.5 Å². The van der Waals surface area contributed by atoms with E-state index in [0.717, 1.165) is 21.9 Å². The van der Waals surface area contributed by atoms with Crippen LogP contribution in [0.1, 0.15) is 19.4 Å². The molecular weight excluding hydrogens is 278 g/mol. The van der Waals surface area contributed by atoms with Gasteiger partial charge in [-0.1, -0.05) is 25.2 Å². The molecule has 1 aromatic carbocycles. The van der Waals surface area contributed by atoms with Crippen molar-refractivity contribution < 1.29 is 4.79 Å². The van der Waals surface area contributed by atoms with E-state index in [2.05, 4.69) is 17.6 Å². The second kappa shape index (κ2) is 8.01. The van der Waals surface area contributed by atoms with Gasteiger partial charge in [0.1, 0.15) is 4.99 Å². The first kappa shape index (κ1) is 15.8. The number of carbonyl (C=O) groups excluding carboxylic acids is 1. The molecule has 0 heterocycles. The minimum Gasteiger partial charge on any atom is -0.389 e. The fourth-order valence-corrected chi connectivity index (χ4v) is 2.78. The van der Waals surface area contributed by atoms with Gasteiger partial charge in [0.15, 0.2) is 0 Å². The van der Waals surface area contributed by atoms with Gasteiger partial charge in [-0.25, -0.2) is 0 Å². The molecule has 104 valence electrons. The molecule has 4 nitrogen and oxygen atoms in total. The Morgan fingerprint density at radius 2 is 2.16 bits per heavy atom. The minimum atomic E-state index is -0.0510. The Balaban J connectivity index is 2.90. The number of amides is 1. The zero-order chi connectivity index (χ0) is 14.3. The molecule has 0 radical (unpaired) electrons. The molecule has 0 fully saturated rings. The first-order valence-corrected chi connectivity index (χ1v) is 7.55. The number of benzene rings is 1. The molecule has 1 rings (SSSR count). The Morgan fingerprint density at radius 3 is 2.74 bits per heavy atom. The summed E-state index contributed by atoms with van der Waals surface area (Å²) in [6.45, 7) is 4.79. The van der Waals surface area contributed by atoms with E-state index in [0.29, 0.717) is 11.5 Å². The Labute approximate surface area is 123 Å². The van der Waals surface area contributed by atoms with Crippen LogP contribution >= 0.6 is 24.0 Å². The molecule has 0 aromatic heterocycles.